The van der Waals surface area contributed by atoms with Gasteiger partial charge in [0.15, 0.2) is 0 Å². The predicted octanol–water partition coefficient (Wildman–Crippen LogP) is 5.04. The molecule has 2 N–H and O–H groups in total. The van der Waals surface area contributed by atoms with Crippen LogP contribution in [0.5, 0.6) is 11.5 Å². The molecule has 0 aromatic heterocycles. The minimum atomic E-state index is -0.197. The van der Waals surface area contributed by atoms with E-state index in [4.69, 9.17) is 0 Å². The molecule has 0 amide bonds. The van der Waals surface area contributed by atoms with Gasteiger partial charge in [-0.25, -0.2) is 0 Å². The number of hydrogen-bond donors (Lipinski definition) is 2. The summed E-state index contributed by atoms with van der Waals surface area (Å²) in [7, 11) is 0. The minimum Gasteiger partial charge on any atom is -0.508 e. The molecule has 122 valence electrons. The first-order valence-electron chi connectivity index (χ1n) is 8.21. The first kappa shape index (κ1) is 16.1. The molecule has 2 nitrogen and oxygen atoms in total. The number of benzene rings is 3. The summed E-state index contributed by atoms with van der Waals surface area (Å²) in [6.45, 7) is 2.22. The summed E-state index contributed by atoms with van der Waals surface area (Å²) in [5.41, 5.74) is 3.42. The molecule has 0 atom stereocenters. The molecule has 0 saturated carbocycles. The van der Waals surface area contributed by atoms with Gasteiger partial charge in [-0.2, -0.15) is 0 Å². The zero-order chi connectivity index (χ0) is 17.0. The minimum absolute atomic E-state index is 0.197. The van der Waals surface area contributed by atoms with Crippen molar-refractivity contribution in [3.63, 3.8) is 0 Å². The highest BCUT2D eigenvalue weighted by atomic mass is 16.3. The van der Waals surface area contributed by atoms with E-state index in [9.17, 15) is 10.2 Å². The fraction of sp³-hybridized carbons (Fsp3) is 0.182. The smallest absolute Gasteiger partial charge is 0.115 e. The van der Waals surface area contributed by atoms with E-state index in [1.54, 1.807) is 24.3 Å². The zero-order valence-corrected chi connectivity index (χ0v) is 13.8. The van der Waals surface area contributed by atoms with E-state index in [2.05, 4.69) is 31.2 Å². The van der Waals surface area contributed by atoms with Crippen LogP contribution in [0.25, 0.3) is 0 Å². The van der Waals surface area contributed by atoms with Crippen molar-refractivity contribution < 1.29 is 10.2 Å². The van der Waals surface area contributed by atoms with Crippen LogP contribution >= 0.6 is 0 Å². The number of rotatable bonds is 5. The van der Waals surface area contributed by atoms with Crippen molar-refractivity contribution in [1.29, 1.82) is 0 Å². The Bertz CT molecular complexity index is 729. The van der Waals surface area contributed by atoms with Crippen molar-refractivity contribution in [1.82, 2.24) is 0 Å². The monoisotopic (exact) mass is 318 g/mol. The second-order valence-corrected chi connectivity index (χ2v) is 6.41. The summed E-state index contributed by atoms with van der Waals surface area (Å²) < 4.78 is 0. The van der Waals surface area contributed by atoms with Crippen LogP contribution in [0.3, 0.4) is 0 Å². The lowest BCUT2D eigenvalue weighted by molar-refractivity contribution is 0.470. The summed E-state index contributed by atoms with van der Waals surface area (Å²) in [6, 6.07) is 25.3. The SMILES string of the molecule is CC(CCc1ccccc1)(c1ccc(O)cc1)c1ccc(O)cc1. The average Bonchev–Trinajstić information content (AvgIpc) is 2.62. The lowest BCUT2D eigenvalue weighted by atomic mass is 9.72. The van der Waals surface area contributed by atoms with Crippen LogP contribution < -0.4 is 0 Å². The maximum Gasteiger partial charge on any atom is 0.115 e. The van der Waals surface area contributed by atoms with Crippen molar-refractivity contribution >= 4 is 0 Å². The molecular formula is C22H22O2. The molecule has 0 fully saturated rings. The Morgan fingerprint density at radius 2 is 1.12 bits per heavy atom. The van der Waals surface area contributed by atoms with E-state index in [1.807, 2.05) is 30.3 Å². The summed E-state index contributed by atoms with van der Waals surface area (Å²) >= 11 is 0. The number of hydrogen-bond acceptors (Lipinski definition) is 2. The van der Waals surface area contributed by atoms with Gasteiger partial charge in [-0.05, 0) is 53.8 Å². The van der Waals surface area contributed by atoms with Crippen LogP contribution in [0.4, 0.5) is 0 Å². The number of aryl methyl sites for hydroxylation is 1. The third-order valence-electron chi connectivity index (χ3n) is 4.77. The Labute approximate surface area is 143 Å². The maximum atomic E-state index is 9.60. The summed E-state index contributed by atoms with van der Waals surface area (Å²) in [5.74, 6) is 0.546. The van der Waals surface area contributed by atoms with Crippen LogP contribution in [0.15, 0.2) is 78.9 Å². The molecule has 24 heavy (non-hydrogen) atoms. The van der Waals surface area contributed by atoms with Gasteiger partial charge in [-0.3, -0.25) is 0 Å². The summed E-state index contributed by atoms with van der Waals surface area (Å²) in [5, 5.41) is 19.2. The maximum absolute atomic E-state index is 9.60. The van der Waals surface area contributed by atoms with E-state index in [0.29, 0.717) is 0 Å². The Morgan fingerprint density at radius 3 is 1.58 bits per heavy atom. The van der Waals surface area contributed by atoms with Gasteiger partial charge in [0, 0.05) is 5.41 Å². The molecule has 0 aliphatic heterocycles. The molecule has 0 radical (unpaired) electrons. The van der Waals surface area contributed by atoms with Crippen molar-refractivity contribution in [2.75, 3.05) is 0 Å². The molecule has 0 unspecified atom stereocenters. The molecule has 3 rings (SSSR count). The Kier molecular flexibility index (Phi) is 4.57. The van der Waals surface area contributed by atoms with Crippen LogP contribution in [0, 0.1) is 0 Å². The Hall–Kier alpha value is -2.74. The molecule has 3 aromatic rings. The van der Waals surface area contributed by atoms with E-state index in [0.717, 1.165) is 24.0 Å². The van der Waals surface area contributed by atoms with Crippen LogP contribution in [0.2, 0.25) is 0 Å². The second kappa shape index (κ2) is 6.79. The average molecular weight is 318 g/mol. The van der Waals surface area contributed by atoms with E-state index < -0.39 is 0 Å². The molecule has 0 spiro atoms. The molecule has 2 heteroatoms. The first-order chi connectivity index (χ1) is 11.6. The van der Waals surface area contributed by atoms with Gasteiger partial charge in [0.2, 0.25) is 0 Å². The van der Waals surface area contributed by atoms with Crippen molar-refractivity contribution in [2.45, 2.75) is 25.2 Å². The quantitative estimate of drug-likeness (QED) is 0.692. The largest absolute Gasteiger partial charge is 0.508 e. The Morgan fingerprint density at radius 1 is 0.667 bits per heavy atom. The second-order valence-electron chi connectivity index (χ2n) is 6.41. The first-order valence-corrected chi connectivity index (χ1v) is 8.21. The molecule has 0 saturated heterocycles. The molecule has 0 bridgehead atoms. The lowest BCUT2D eigenvalue weighted by Gasteiger charge is -2.31. The molecule has 0 heterocycles. The van der Waals surface area contributed by atoms with E-state index in [-0.39, 0.29) is 16.9 Å². The van der Waals surface area contributed by atoms with E-state index in [1.165, 1.54) is 5.56 Å². The number of phenols is 2. The summed E-state index contributed by atoms with van der Waals surface area (Å²) in [6.07, 6.45) is 1.89. The van der Waals surface area contributed by atoms with Crippen LogP contribution in [0.1, 0.15) is 30.0 Å². The van der Waals surface area contributed by atoms with Crippen molar-refractivity contribution in [3.8, 4) is 11.5 Å². The number of aromatic hydroxyl groups is 2. The lowest BCUT2D eigenvalue weighted by Crippen LogP contribution is -2.24. The van der Waals surface area contributed by atoms with E-state index >= 15 is 0 Å². The molecule has 0 aliphatic rings. The molecule has 3 aromatic carbocycles. The van der Waals surface area contributed by atoms with Crippen LogP contribution in [-0.4, -0.2) is 10.2 Å². The van der Waals surface area contributed by atoms with Gasteiger partial charge in [0.05, 0.1) is 0 Å². The van der Waals surface area contributed by atoms with Gasteiger partial charge >= 0.3 is 0 Å². The molecule has 0 aliphatic carbocycles. The summed E-state index contributed by atoms with van der Waals surface area (Å²) in [4.78, 5) is 0. The topological polar surface area (TPSA) is 40.5 Å². The van der Waals surface area contributed by atoms with Gasteiger partial charge in [0.25, 0.3) is 0 Å². The van der Waals surface area contributed by atoms with Gasteiger partial charge in [-0.1, -0.05) is 61.5 Å². The van der Waals surface area contributed by atoms with Crippen molar-refractivity contribution in [2.24, 2.45) is 0 Å². The molecular weight excluding hydrogens is 296 g/mol. The van der Waals surface area contributed by atoms with Gasteiger partial charge < -0.3 is 10.2 Å². The third-order valence-corrected chi connectivity index (χ3v) is 4.77. The fourth-order valence-electron chi connectivity index (χ4n) is 3.15. The predicted molar refractivity (Wildman–Crippen MR) is 97.4 cm³/mol. The van der Waals surface area contributed by atoms with Crippen molar-refractivity contribution in [3.05, 3.63) is 95.6 Å². The standard InChI is InChI=1S/C22H22O2/c1-22(18-7-11-20(23)12-8-18,19-9-13-21(24)14-10-19)16-15-17-5-3-2-4-6-17/h2-14,23-24H,15-16H2,1H3. The highest BCUT2D eigenvalue weighted by molar-refractivity contribution is 5.42. The highest BCUT2D eigenvalue weighted by Crippen LogP contribution is 2.37. The van der Waals surface area contributed by atoms with Gasteiger partial charge in [0.1, 0.15) is 11.5 Å². The highest BCUT2D eigenvalue weighted by Gasteiger charge is 2.28. The third kappa shape index (κ3) is 3.43. The normalized spacial score (nSPS) is 11.4. The van der Waals surface area contributed by atoms with Crippen LogP contribution in [-0.2, 0) is 11.8 Å². The zero-order valence-electron chi connectivity index (χ0n) is 13.8. The Balaban J connectivity index is 1.96. The van der Waals surface area contributed by atoms with Gasteiger partial charge in [-0.15, -0.1) is 0 Å². The fourth-order valence-corrected chi connectivity index (χ4v) is 3.15. The number of phenolic OH excluding ortho intramolecular Hbond substituents is 2.